The number of carbonyl (C=O) groups is 2. The molecule has 172 valence electrons. The number of benzene rings is 3. The van der Waals surface area contributed by atoms with Gasteiger partial charge in [0, 0.05) is 24.0 Å². The Labute approximate surface area is 196 Å². The predicted octanol–water partition coefficient (Wildman–Crippen LogP) is 4.46. The van der Waals surface area contributed by atoms with Crippen molar-refractivity contribution in [2.24, 2.45) is 0 Å². The van der Waals surface area contributed by atoms with Crippen LogP contribution in [0, 0.1) is 0 Å². The highest BCUT2D eigenvalue weighted by molar-refractivity contribution is 6.04. The number of rotatable bonds is 4. The molecule has 0 spiro atoms. The van der Waals surface area contributed by atoms with Crippen LogP contribution in [0.2, 0.25) is 0 Å². The number of anilines is 1. The lowest BCUT2D eigenvalue weighted by molar-refractivity contribution is -0.123. The molecule has 1 N–H and O–H groups in total. The van der Waals surface area contributed by atoms with Gasteiger partial charge in [0.1, 0.15) is 5.82 Å². The minimum atomic E-state index is -1.01. The van der Waals surface area contributed by atoms with E-state index in [2.05, 4.69) is 10.3 Å². The van der Waals surface area contributed by atoms with Gasteiger partial charge in [0.2, 0.25) is 0 Å². The van der Waals surface area contributed by atoms with Crippen molar-refractivity contribution in [3.05, 3.63) is 82.4 Å². The molecule has 4 aromatic rings. The van der Waals surface area contributed by atoms with Gasteiger partial charge in [0.05, 0.1) is 16.5 Å². The monoisotopic (exact) mass is 455 g/mol. The van der Waals surface area contributed by atoms with E-state index in [-0.39, 0.29) is 11.1 Å². The maximum Gasteiger partial charge on any atom is 0.338 e. The molecule has 1 aromatic heterocycles. The van der Waals surface area contributed by atoms with Crippen LogP contribution in [0.4, 0.5) is 5.69 Å². The number of carbonyl (C=O) groups excluding carboxylic acids is 2. The molecular formula is C27H25N3O4. The minimum Gasteiger partial charge on any atom is -0.449 e. The summed E-state index contributed by atoms with van der Waals surface area (Å²) in [4.78, 5) is 43.1. The molecule has 7 nitrogen and oxygen atoms in total. The Morgan fingerprint density at radius 2 is 1.82 bits per heavy atom. The Bertz CT molecular complexity index is 1470. The number of hydrogen-bond donors (Lipinski definition) is 1. The van der Waals surface area contributed by atoms with Crippen LogP contribution in [0.15, 0.2) is 65.5 Å². The van der Waals surface area contributed by atoms with Crippen LogP contribution in [-0.2, 0) is 22.5 Å². The van der Waals surface area contributed by atoms with Crippen molar-refractivity contribution < 1.29 is 14.3 Å². The van der Waals surface area contributed by atoms with E-state index in [1.54, 1.807) is 22.8 Å². The molecule has 1 unspecified atom stereocenters. The van der Waals surface area contributed by atoms with E-state index in [1.165, 1.54) is 6.92 Å². The third-order valence-corrected chi connectivity index (χ3v) is 6.25. The van der Waals surface area contributed by atoms with Gasteiger partial charge in [-0.25, -0.2) is 9.78 Å². The van der Waals surface area contributed by atoms with Crippen molar-refractivity contribution in [3.8, 4) is 0 Å². The van der Waals surface area contributed by atoms with Crippen LogP contribution in [0.3, 0.4) is 0 Å². The maximum atomic E-state index is 12.9. The zero-order chi connectivity index (χ0) is 23.7. The van der Waals surface area contributed by atoms with E-state index in [0.717, 1.165) is 42.3 Å². The fraction of sp³-hybridized carbons (Fsp3) is 0.259. The molecule has 5 rings (SSSR count). The first-order valence-electron chi connectivity index (χ1n) is 11.5. The third-order valence-electron chi connectivity index (χ3n) is 6.25. The largest absolute Gasteiger partial charge is 0.449 e. The maximum absolute atomic E-state index is 12.9. The first kappa shape index (κ1) is 21.8. The Hall–Kier alpha value is -4.00. The quantitative estimate of drug-likeness (QED) is 0.459. The van der Waals surface area contributed by atoms with Gasteiger partial charge in [-0.05, 0) is 49.4 Å². The lowest BCUT2D eigenvalue weighted by Crippen LogP contribution is -2.30. The highest BCUT2D eigenvalue weighted by Gasteiger charge is 2.21. The third kappa shape index (κ3) is 4.17. The average Bonchev–Trinajstić information content (AvgIpc) is 3.09. The van der Waals surface area contributed by atoms with E-state index in [4.69, 9.17) is 4.74 Å². The first-order chi connectivity index (χ1) is 16.5. The Morgan fingerprint density at radius 3 is 2.71 bits per heavy atom. The second kappa shape index (κ2) is 9.09. The summed E-state index contributed by atoms with van der Waals surface area (Å²) in [5.74, 6) is -0.310. The van der Waals surface area contributed by atoms with Gasteiger partial charge in [0.25, 0.3) is 11.5 Å². The highest BCUT2D eigenvalue weighted by atomic mass is 16.5. The molecule has 2 heterocycles. The van der Waals surface area contributed by atoms with Crippen molar-refractivity contribution in [1.29, 1.82) is 0 Å². The average molecular weight is 456 g/mol. The number of aromatic nitrogens is 2. The molecule has 0 bridgehead atoms. The number of aryl methyl sites for hydroxylation is 1. The molecule has 0 fully saturated rings. The van der Waals surface area contributed by atoms with Gasteiger partial charge in [-0.3, -0.25) is 14.2 Å². The summed E-state index contributed by atoms with van der Waals surface area (Å²) in [6, 6.07) is 18.1. The number of nitrogens with zero attached hydrogens (tertiary/aromatic N) is 2. The van der Waals surface area contributed by atoms with Gasteiger partial charge in [0.15, 0.2) is 6.10 Å². The molecule has 3 aromatic carbocycles. The SMILES string of the molecule is CC(OC(=O)c1ccc2c(=O)n3c(nc2c1)CCCCC3)C(=O)Nc1cccc2ccccc12. The number of fused-ring (bicyclic) bond motifs is 3. The van der Waals surface area contributed by atoms with Crippen LogP contribution in [-0.4, -0.2) is 27.5 Å². The number of amides is 1. The molecule has 0 aliphatic carbocycles. The second-order valence-electron chi connectivity index (χ2n) is 8.59. The summed E-state index contributed by atoms with van der Waals surface area (Å²) in [5, 5.41) is 5.23. The standard InChI is InChI=1S/C27H25N3O4/c1-17(25(31)29-22-11-7-9-18-8-4-5-10-20(18)22)34-27(33)19-13-14-21-23(16-19)28-24-12-3-2-6-15-30(24)26(21)32/h4-5,7-11,13-14,16-17H,2-3,6,12,15H2,1H3,(H,29,31). The van der Waals surface area contributed by atoms with E-state index in [9.17, 15) is 14.4 Å². The van der Waals surface area contributed by atoms with Crippen molar-refractivity contribution in [2.75, 3.05) is 5.32 Å². The summed E-state index contributed by atoms with van der Waals surface area (Å²) >= 11 is 0. The normalized spacial score (nSPS) is 14.3. The predicted molar refractivity (Wildman–Crippen MR) is 131 cm³/mol. The van der Waals surface area contributed by atoms with E-state index < -0.39 is 18.0 Å². The van der Waals surface area contributed by atoms with Crippen LogP contribution < -0.4 is 10.9 Å². The zero-order valence-electron chi connectivity index (χ0n) is 18.9. The zero-order valence-corrected chi connectivity index (χ0v) is 18.9. The van der Waals surface area contributed by atoms with Crippen LogP contribution in [0.5, 0.6) is 0 Å². The number of hydrogen-bond acceptors (Lipinski definition) is 5. The molecule has 0 saturated carbocycles. The second-order valence-corrected chi connectivity index (χ2v) is 8.59. The topological polar surface area (TPSA) is 90.3 Å². The summed E-state index contributed by atoms with van der Waals surface area (Å²) in [6.07, 6.45) is 2.75. The van der Waals surface area contributed by atoms with Crippen LogP contribution in [0.1, 0.15) is 42.4 Å². The molecule has 0 radical (unpaired) electrons. The summed E-state index contributed by atoms with van der Waals surface area (Å²) in [5.41, 5.74) is 1.30. The van der Waals surface area contributed by atoms with E-state index in [1.807, 2.05) is 42.5 Å². The van der Waals surface area contributed by atoms with E-state index in [0.29, 0.717) is 23.1 Å². The molecule has 7 heteroatoms. The molecule has 1 amide bonds. The van der Waals surface area contributed by atoms with E-state index >= 15 is 0 Å². The molecular weight excluding hydrogens is 430 g/mol. The number of nitrogens with one attached hydrogen (secondary N) is 1. The van der Waals surface area contributed by atoms with Gasteiger partial charge < -0.3 is 10.1 Å². The molecule has 1 aliphatic heterocycles. The summed E-state index contributed by atoms with van der Waals surface area (Å²) in [7, 11) is 0. The van der Waals surface area contributed by atoms with Crippen LogP contribution in [0.25, 0.3) is 21.7 Å². The van der Waals surface area contributed by atoms with Gasteiger partial charge in [-0.2, -0.15) is 0 Å². The fourth-order valence-corrected chi connectivity index (χ4v) is 4.40. The van der Waals surface area contributed by atoms with Crippen molar-refractivity contribution >= 4 is 39.2 Å². The number of ether oxygens (including phenoxy) is 1. The number of esters is 1. The Kier molecular flexibility index (Phi) is 5.84. The smallest absolute Gasteiger partial charge is 0.338 e. The van der Waals surface area contributed by atoms with Crippen LogP contribution >= 0.6 is 0 Å². The summed E-state index contributed by atoms with van der Waals surface area (Å²) < 4.78 is 7.18. The molecule has 0 saturated heterocycles. The lowest BCUT2D eigenvalue weighted by Gasteiger charge is -2.15. The van der Waals surface area contributed by atoms with Gasteiger partial charge >= 0.3 is 5.97 Å². The first-order valence-corrected chi connectivity index (χ1v) is 11.5. The van der Waals surface area contributed by atoms with Gasteiger partial charge in [-0.1, -0.05) is 42.8 Å². The fourth-order valence-electron chi connectivity index (χ4n) is 4.40. The minimum absolute atomic E-state index is 0.0790. The van der Waals surface area contributed by atoms with Crippen molar-refractivity contribution in [3.63, 3.8) is 0 Å². The van der Waals surface area contributed by atoms with Crippen molar-refractivity contribution in [2.45, 2.75) is 45.3 Å². The molecule has 34 heavy (non-hydrogen) atoms. The molecule has 1 atom stereocenters. The van der Waals surface area contributed by atoms with Crippen molar-refractivity contribution in [1.82, 2.24) is 9.55 Å². The summed E-state index contributed by atoms with van der Waals surface area (Å²) in [6.45, 7) is 2.20. The highest BCUT2D eigenvalue weighted by Crippen LogP contribution is 2.23. The van der Waals surface area contributed by atoms with Gasteiger partial charge in [-0.15, -0.1) is 0 Å². The Balaban J connectivity index is 1.34. The molecule has 1 aliphatic rings. The Morgan fingerprint density at radius 1 is 1.00 bits per heavy atom. The lowest BCUT2D eigenvalue weighted by atomic mass is 10.1.